The molecule has 1 saturated carbocycles. The SMILES string of the molecule is CC1CC(C)CC(NC(=O)Nc2ccccc2C(=O)O)C1. The average molecular weight is 290 g/mol. The van der Waals surface area contributed by atoms with Crippen LogP contribution in [0.5, 0.6) is 0 Å². The minimum atomic E-state index is -1.05. The maximum absolute atomic E-state index is 12.1. The molecule has 0 spiro atoms. The molecule has 21 heavy (non-hydrogen) atoms. The predicted molar refractivity (Wildman–Crippen MR) is 81.5 cm³/mol. The molecule has 2 amide bonds. The largest absolute Gasteiger partial charge is 0.478 e. The number of benzene rings is 1. The second-order valence-corrected chi connectivity index (χ2v) is 6.06. The standard InChI is InChI=1S/C16H22N2O3/c1-10-7-11(2)9-12(8-10)17-16(21)18-14-6-4-3-5-13(14)15(19)20/h3-6,10-12H,7-9H2,1-2H3,(H,19,20)(H2,17,18,21). The van der Waals surface area contributed by atoms with Gasteiger partial charge in [-0.25, -0.2) is 9.59 Å². The Morgan fingerprint density at radius 2 is 1.71 bits per heavy atom. The average Bonchev–Trinajstić information content (AvgIpc) is 2.37. The lowest BCUT2D eigenvalue weighted by atomic mass is 9.80. The molecule has 1 aliphatic carbocycles. The highest BCUT2D eigenvalue weighted by Gasteiger charge is 2.25. The van der Waals surface area contributed by atoms with Gasteiger partial charge in [0.25, 0.3) is 0 Å². The number of nitrogens with one attached hydrogen (secondary N) is 2. The van der Waals surface area contributed by atoms with E-state index < -0.39 is 5.97 Å². The van der Waals surface area contributed by atoms with Gasteiger partial charge >= 0.3 is 12.0 Å². The molecule has 2 unspecified atom stereocenters. The number of hydrogen-bond donors (Lipinski definition) is 3. The molecular weight excluding hydrogens is 268 g/mol. The highest BCUT2D eigenvalue weighted by molar-refractivity contribution is 6.00. The van der Waals surface area contributed by atoms with E-state index in [2.05, 4.69) is 24.5 Å². The van der Waals surface area contributed by atoms with E-state index in [0.717, 1.165) is 12.8 Å². The van der Waals surface area contributed by atoms with E-state index in [1.54, 1.807) is 18.2 Å². The molecule has 0 saturated heterocycles. The number of para-hydroxylation sites is 1. The highest BCUT2D eigenvalue weighted by Crippen LogP contribution is 2.28. The topological polar surface area (TPSA) is 78.4 Å². The van der Waals surface area contributed by atoms with Gasteiger partial charge in [0.05, 0.1) is 11.3 Å². The second kappa shape index (κ2) is 6.61. The molecule has 114 valence electrons. The lowest BCUT2D eigenvalue weighted by molar-refractivity contribution is 0.0698. The number of anilines is 1. The minimum Gasteiger partial charge on any atom is -0.478 e. The number of amides is 2. The first-order valence-corrected chi connectivity index (χ1v) is 7.35. The zero-order chi connectivity index (χ0) is 15.4. The van der Waals surface area contributed by atoms with E-state index in [9.17, 15) is 9.59 Å². The monoisotopic (exact) mass is 290 g/mol. The Bertz CT molecular complexity index is 520. The third-order valence-electron chi connectivity index (χ3n) is 3.92. The van der Waals surface area contributed by atoms with Crippen molar-refractivity contribution in [3.63, 3.8) is 0 Å². The smallest absolute Gasteiger partial charge is 0.337 e. The number of rotatable bonds is 3. The number of carboxylic acid groups (broad SMARTS) is 1. The lowest BCUT2D eigenvalue weighted by Gasteiger charge is -2.31. The van der Waals surface area contributed by atoms with Crippen molar-refractivity contribution in [1.29, 1.82) is 0 Å². The summed E-state index contributed by atoms with van der Waals surface area (Å²) in [6, 6.07) is 6.22. The van der Waals surface area contributed by atoms with Gasteiger partial charge in [0.1, 0.15) is 0 Å². The van der Waals surface area contributed by atoms with Crippen molar-refractivity contribution in [3.8, 4) is 0 Å². The Kier molecular flexibility index (Phi) is 4.83. The van der Waals surface area contributed by atoms with Crippen LogP contribution in [0.4, 0.5) is 10.5 Å². The van der Waals surface area contributed by atoms with Gasteiger partial charge in [-0.15, -0.1) is 0 Å². The second-order valence-electron chi connectivity index (χ2n) is 6.06. The number of aromatic carboxylic acids is 1. The Morgan fingerprint density at radius 1 is 1.10 bits per heavy atom. The van der Waals surface area contributed by atoms with Crippen LogP contribution in [0.2, 0.25) is 0 Å². The van der Waals surface area contributed by atoms with Crippen molar-refractivity contribution in [2.24, 2.45) is 11.8 Å². The van der Waals surface area contributed by atoms with E-state index in [-0.39, 0.29) is 17.6 Å². The van der Waals surface area contributed by atoms with Gasteiger partial charge in [0.15, 0.2) is 0 Å². The molecule has 1 aliphatic rings. The zero-order valence-electron chi connectivity index (χ0n) is 12.4. The number of carbonyl (C=O) groups is 2. The van der Waals surface area contributed by atoms with Gasteiger partial charge < -0.3 is 15.7 Å². The van der Waals surface area contributed by atoms with Crippen LogP contribution < -0.4 is 10.6 Å². The number of carbonyl (C=O) groups excluding carboxylic acids is 1. The fraction of sp³-hybridized carbons (Fsp3) is 0.500. The van der Waals surface area contributed by atoms with Gasteiger partial charge in [0, 0.05) is 6.04 Å². The predicted octanol–water partition coefficient (Wildman–Crippen LogP) is 3.33. The first-order chi connectivity index (χ1) is 9.95. The molecule has 0 heterocycles. The molecule has 0 radical (unpaired) electrons. The molecule has 1 aromatic carbocycles. The fourth-order valence-corrected chi connectivity index (χ4v) is 3.19. The molecule has 0 aromatic heterocycles. The number of urea groups is 1. The summed E-state index contributed by atoms with van der Waals surface area (Å²) >= 11 is 0. The first-order valence-electron chi connectivity index (χ1n) is 7.35. The summed E-state index contributed by atoms with van der Waals surface area (Å²) < 4.78 is 0. The summed E-state index contributed by atoms with van der Waals surface area (Å²) in [5.74, 6) is 0.154. The molecule has 2 rings (SSSR count). The van der Waals surface area contributed by atoms with Crippen molar-refractivity contribution in [2.75, 3.05) is 5.32 Å². The summed E-state index contributed by atoms with van der Waals surface area (Å²) in [6.45, 7) is 4.39. The van der Waals surface area contributed by atoms with Gasteiger partial charge in [-0.3, -0.25) is 0 Å². The van der Waals surface area contributed by atoms with Crippen molar-refractivity contribution >= 4 is 17.7 Å². The molecule has 1 aromatic rings. The fourth-order valence-electron chi connectivity index (χ4n) is 3.19. The molecular formula is C16H22N2O3. The summed E-state index contributed by atoms with van der Waals surface area (Å²) in [7, 11) is 0. The maximum Gasteiger partial charge on any atom is 0.337 e. The first kappa shape index (κ1) is 15.4. The zero-order valence-corrected chi connectivity index (χ0v) is 12.4. The lowest BCUT2D eigenvalue weighted by Crippen LogP contribution is -2.42. The third kappa shape index (κ3) is 4.21. The maximum atomic E-state index is 12.1. The van der Waals surface area contributed by atoms with E-state index in [4.69, 9.17) is 5.11 Å². The Hall–Kier alpha value is -2.04. The van der Waals surface area contributed by atoms with Crippen LogP contribution in [0.3, 0.4) is 0 Å². The molecule has 5 heteroatoms. The third-order valence-corrected chi connectivity index (χ3v) is 3.92. The van der Waals surface area contributed by atoms with Gasteiger partial charge in [-0.2, -0.15) is 0 Å². The Balaban J connectivity index is 1.97. The molecule has 2 atom stereocenters. The van der Waals surface area contributed by atoms with E-state index in [0.29, 0.717) is 17.5 Å². The Labute approximate surface area is 124 Å². The molecule has 0 bridgehead atoms. The van der Waals surface area contributed by atoms with Crippen LogP contribution in [-0.4, -0.2) is 23.1 Å². The summed E-state index contributed by atoms with van der Waals surface area (Å²) in [5, 5.41) is 14.7. The molecule has 5 nitrogen and oxygen atoms in total. The molecule has 1 fully saturated rings. The van der Waals surface area contributed by atoms with Crippen molar-refractivity contribution in [1.82, 2.24) is 5.32 Å². The highest BCUT2D eigenvalue weighted by atomic mass is 16.4. The van der Waals surface area contributed by atoms with Crippen LogP contribution in [-0.2, 0) is 0 Å². The summed E-state index contributed by atoms with van der Waals surface area (Å²) in [6.07, 6.45) is 3.14. The normalized spacial score (nSPS) is 25.1. The van der Waals surface area contributed by atoms with Gasteiger partial charge in [0.2, 0.25) is 0 Å². The van der Waals surface area contributed by atoms with Crippen LogP contribution in [0.1, 0.15) is 43.5 Å². The van der Waals surface area contributed by atoms with Crippen LogP contribution in [0.15, 0.2) is 24.3 Å². The van der Waals surface area contributed by atoms with Crippen molar-refractivity contribution in [3.05, 3.63) is 29.8 Å². The minimum absolute atomic E-state index is 0.0954. The number of hydrogen-bond acceptors (Lipinski definition) is 2. The number of carboxylic acids is 1. The van der Waals surface area contributed by atoms with E-state index in [1.807, 2.05) is 0 Å². The van der Waals surface area contributed by atoms with Crippen LogP contribution in [0.25, 0.3) is 0 Å². The van der Waals surface area contributed by atoms with Crippen molar-refractivity contribution < 1.29 is 14.7 Å². The Morgan fingerprint density at radius 3 is 2.33 bits per heavy atom. The van der Waals surface area contributed by atoms with Gasteiger partial charge in [-0.1, -0.05) is 26.0 Å². The summed E-state index contributed by atoms with van der Waals surface area (Å²) in [4.78, 5) is 23.2. The quantitative estimate of drug-likeness (QED) is 0.799. The molecule has 0 aliphatic heterocycles. The van der Waals surface area contributed by atoms with Crippen molar-refractivity contribution in [2.45, 2.75) is 39.2 Å². The van der Waals surface area contributed by atoms with Crippen LogP contribution in [0, 0.1) is 11.8 Å². The van der Waals surface area contributed by atoms with E-state index >= 15 is 0 Å². The van der Waals surface area contributed by atoms with Crippen LogP contribution >= 0.6 is 0 Å². The van der Waals surface area contributed by atoms with E-state index in [1.165, 1.54) is 12.5 Å². The van der Waals surface area contributed by atoms with Gasteiger partial charge in [-0.05, 0) is 43.2 Å². The molecule has 3 N–H and O–H groups in total. The summed E-state index contributed by atoms with van der Waals surface area (Å²) in [5.41, 5.74) is 0.414.